The highest BCUT2D eigenvalue weighted by Gasteiger charge is 2.31. The Kier molecular flexibility index (Phi) is 4.05. The summed E-state index contributed by atoms with van der Waals surface area (Å²) in [6.45, 7) is 3.29. The summed E-state index contributed by atoms with van der Waals surface area (Å²) in [5.74, 6) is 1.62. The van der Waals surface area contributed by atoms with Gasteiger partial charge in [0.25, 0.3) is 0 Å². The first kappa shape index (κ1) is 14.2. The maximum atomic E-state index is 12.1. The molecule has 0 radical (unpaired) electrons. The minimum absolute atomic E-state index is 0.276. The zero-order valence-corrected chi connectivity index (χ0v) is 12.4. The van der Waals surface area contributed by atoms with Gasteiger partial charge < -0.3 is 4.90 Å². The van der Waals surface area contributed by atoms with Crippen molar-refractivity contribution in [3.63, 3.8) is 0 Å². The van der Waals surface area contributed by atoms with Crippen molar-refractivity contribution in [1.82, 2.24) is 14.3 Å². The Morgan fingerprint density at radius 1 is 1.32 bits per heavy atom. The van der Waals surface area contributed by atoms with E-state index in [-0.39, 0.29) is 5.25 Å². The largest absolute Gasteiger partial charge is 0.356 e. The highest BCUT2D eigenvalue weighted by molar-refractivity contribution is 7.89. The molecule has 0 spiro atoms. The highest BCUT2D eigenvalue weighted by Crippen LogP contribution is 2.22. The van der Waals surface area contributed by atoms with E-state index in [1.54, 1.807) is 20.3 Å². The fourth-order valence-corrected chi connectivity index (χ4v) is 3.70. The number of sulfonamides is 1. The van der Waals surface area contributed by atoms with E-state index in [9.17, 15) is 8.42 Å². The molecule has 6 nitrogen and oxygen atoms in total. The Morgan fingerprint density at radius 3 is 2.47 bits per heavy atom. The summed E-state index contributed by atoms with van der Waals surface area (Å²) in [5, 5.41) is -0.276. The van der Waals surface area contributed by atoms with Crippen LogP contribution in [0.3, 0.4) is 0 Å². The SMILES string of the molecule is Cc1nccc(N2CCC(S(=O)(=O)N(C)C)CC2)n1. The van der Waals surface area contributed by atoms with Gasteiger partial charge in [-0.1, -0.05) is 0 Å². The molecule has 106 valence electrons. The molecule has 0 unspecified atom stereocenters. The van der Waals surface area contributed by atoms with E-state index in [0.29, 0.717) is 25.9 Å². The molecule has 1 saturated heterocycles. The first-order chi connectivity index (χ1) is 8.91. The number of nitrogens with zero attached hydrogens (tertiary/aromatic N) is 4. The normalized spacial score (nSPS) is 18.0. The van der Waals surface area contributed by atoms with Crippen LogP contribution in [0.1, 0.15) is 18.7 Å². The van der Waals surface area contributed by atoms with E-state index in [0.717, 1.165) is 11.6 Å². The molecule has 1 aliphatic heterocycles. The fourth-order valence-electron chi connectivity index (χ4n) is 2.30. The fraction of sp³-hybridized carbons (Fsp3) is 0.667. The van der Waals surface area contributed by atoms with Gasteiger partial charge in [-0.3, -0.25) is 0 Å². The van der Waals surface area contributed by atoms with Gasteiger partial charge in [0.2, 0.25) is 10.0 Å². The summed E-state index contributed by atoms with van der Waals surface area (Å²) in [6.07, 6.45) is 3.02. The molecule has 2 heterocycles. The number of aryl methyl sites for hydroxylation is 1. The van der Waals surface area contributed by atoms with Gasteiger partial charge in [0.15, 0.2) is 0 Å². The van der Waals surface area contributed by atoms with E-state index in [1.807, 2.05) is 13.0 Å². The minimum Gasteiger partial charge on any atom is -0.356 e. The summed E-state index contributed by atoms with van der Waals surface area (Å²) in [5.41, 5.74) is 0. The third-order valence-electron chi connectivity index (χ3n) is 3.46. The number of anilines is 1. The van der Waals surface area contributed by atoms with Crippen LogP contribution in [0.2, 0.25) is 0 Å². The molecule has 0 amide bonds. The molecule has 0 saturated carbocycles. The minimum atomic E-state index is -3.14. The van der Waals surface area contributed by atoms with Crippen LogP contribution in [0.5, 0.6) is 0 Å². The highest BCUT2D eigenvalue weighted by atomic mass is 32.2. The van der Waals surface area contributed by atoms with Crippen LogP contribution in [0.15, 0.2) is 12.3 Å². The Hall–Kier alpha value is -1.21. The zero-order valence-electron chi connectivity index (χ0n) is 11.6. The van der Waals surface area contributed by atoms with E-state index < -0.39 is 10.0 Å². The monoisotopic (exact) mass is 284 g/mol. The molecular formula is C12H20N4O2S. The smallest absolute Gasteiger partial charge is 0.216 e. The lowest BCUT2D eigenvalue weighted by molar-refractivity contribution is 0.475. The molecule has 7 heteroatoms. The van der Waals surface area contributed by atoms with Crippen molar-refractivity contribution in [3.8, 4) is 0 Å². The Morgan fingerprint density at radius 2 is 1.95 bits per heavy atom. The predicted molar refractivity (Wildman–Crippen MR) is 74.6 cm³/mol. The lowest BCUT2D eigenvalue weighted by Crippen LogP contribution is -2.43. The molecule has 2 rings (SSSR count). The van der Waals surface area contributed by atoms with Gasteiger partial charge in [-0.15, -0.1) is 0 Å². The van der Waals surface area contributed by atoms with Crippen molar-refractivity contribution in [2.24, 2.45) is 0 Å². The number of hydrogen-bond acceptors (Lipinski definition) is 5. The van der Waals surface area contributed by atoms with E-state index in [1.165, 1.54) is 4.31 Å². The third kappa shape index (κ3) is 3.03. The second kappa shape index (κ2) is 5.42. The van der Waals surface area contributed by atoms with Gasteiger partial charge in [-0.05, 0) is 25.8 Å². The zero-order chi connectivity index (χ0) is 14.0. The predicted octanol–water partition coefficient (Wildman–Crippen LogP) is 0.645. The molecule has 19 heavy (non-hydrogen) atoms. The van der Waals surface area contributed by atoms with Crippen molar-refractivity contribution < 1.29 is 8.42 Å². The average molecular weight is 284 g/mol. The number of aromatic nitrogens is 2. The van der Waals surface area contributed by atoms with Crippen molar-refractivity contribution in [3.05, 3.63) is 18.1 Å². The van der Waals surface area contributed by atoms with E-state index >= 15 is 0 Å². The van der Waals surface area contributed by atoms with Gasteiger partial charge >= 0.3 is 0 Å². The van der Waals surface area contributed by atoms with Crippen LogP contribution in [0.4, 0.5) is 5.82 Å². The lowest BCUT2D eigenvalue weighted by Gasteiger charge is -2.33. The number of rotatable bonds is 3. The van der Waals surface area contributed by atoms with Gasteiger partial charge in [0.05, 0.1) is 5.25 Å². The number of hydrogen-bond donors (Lipinski definition) is 0. The van der Waals surface area contributed by atoms with Crippen molar-refractivity contribution in [2.75, 3.05) is 32.1 Å². The van der Waals surface area contributed by atoms with Crippen LogP contribution in [-0.2, 0) is 10.0 Å². The summed E-state index contributed by atoms with van der Waals surface area (Å²) in [4.78, 5) is 10.6. The molecule has 0 bridgehead atoms. The molecule has 1 aliphatic rings. The molecule has 0 N–H and O–H groups in total. The average Bonchev–Trinajstić information content (AvgIpc) is 2.38. The standard InChI is InChI=1S/C12H20N4O2S/c1-10-13-7-4-12(14-10)16-8-5-11(6-9-16)19(17,18)15(2)3/h4,7,11H,5-6,8-9H2,1-3H3. The molecule has 1 aromatic heterocycles. The second-order valence-corrected chi connectivity index (χ2v) is 7.40. The van der Waals surface area contributed by atoms with Gasteiger partial charge in [0, 0.05) is 33.4 Å². The Balaban J connectivity index is 2.04. The summed E-state index contributed by atoms with van der Waals surface area (Å²) in [7, 11) is 0.0457. The van der Waals surface area contributed by atoms with E-state index in [2.05, 4.69) is 14.9 Å². The lowest BCUT2D eigenvalue weighted by atomic mass is 10.1. The van der Waals surface area contributed by atoms with Crippen LogP contribution in [-0.4, -0.2) is 55.1 Å². The summed E-state index contributed by atoms with van der Waals surface area (Å²) < 4.78 is 25.5. The molecule has 1 aromatic rings. The van der Waals surface area contributed by atoms with Crippen LogP contribution >= 0.6 is 0 Å². The topological polar surface area (TPSA) is 66.4 Å². The number of piperidine rings is 1. The molecule has 0 aliphatic carbocycles. The van der Waals surface area contributed by atoms with Crippen molar-refractivity contribution >= 4 is 15.8 Å². The quantitative estimate of drug-likeness (QED) is 0.815. The maximum absolute atomic E-state index is 12.1. The van der Waals surface area contributed by atoms with Crippen LogP contribution in [0.25, 0.3) is 0 Å². The molecule has 1 fully saturated rings. The van der Waals surface area contributed by atoms with Crippen LogP contribution < -0.4 is 4.90 Å². The van der Waals surface area contributed by atoms with Gasteiger partial charge in [-0.2, -0.15) is 0 Å². The van der Waals surface area contributed by atoms with Gasteiger partial charge in [-0.25, -0.2) is 22.7 Å². The first-order valence-electron chi connectivity index (χ1n) is 6.37. The maximum Gasteiger partial charge on any atom is 0.216 e. The van der Waals surface area contributed by atoms with Gasteiger partial charge in [0.1, 0.15) is 11.6 Å². The molecule has 0 atom stereocenters. The van der Waals surface area contributed by atoms with Crippen molar-refractivity contribution in [2.45, 2.75) is 25.0 Å². The molecule has 0 aromatic carbocycles. The van der Waals surface area contributed by atoms with Crippen molar-refractivity contribution in [1.29, 1.82) is 0 Å². The molecular weight excluding hydrogens is 264 g/mol. The summed E-state index contributed by atoms with van der Waals surface area (Å²) in [6, 6.07) is 1.87. The summed E-state index contributed by atoms with van der Waals surface area (Å²) >= 11 is 0. The first-order valence-corrected chi connectivity index (χ1v) is 7.87. The second-order valence-electron chi connectivity index (χ2n) is 4.98. The van der Waals surface area contributed by atoms with Crippen LogP contribution in [0, 0.1) is 6.92 Å². The Bertz CT molecular complexity index is 536. The third-order valence-corrected chi connectivity index (χ3v) is 5.79. The Labute approximate surface area is 114 Å². The van der Waals surface area contributed by atoms with E-state index in [4.69, 9.17) is 0 Å².